The minimum Gasteiger partial charge on any atom is -0.494 e. The molecule has 0 spiro atoms. The number of pyridine rings is 1. The summed E-state index contributed by atoms with van der Waals surface area (Å²) in [5.74, 6) is 0.893. The summed E-state index contributed by atoms with van der Waals surface area (Å²) in [5, 5.41) is 0.860. The number of rotatable bonds is 8. The SMILES string of the molecule is CCCCOc1cccc(-c2cc(C(=O)N3CCN(c4ccc(C(C)=O)cc4)CC3)c3ccccc3n2)c1. The van der Waals surface area contributed by atoms with Crippen molar-refractivity contribution < 1.29 is 14.3 Å². The molecule has 0 N–H and O–H groups in total. The predicted molar refractivity (Wildman–Crippen MR) is 152 cm³/mol. The molecular weight excluding hydrogens is 474 g/mol. The normalized spacial score (nSPS) is 13.5. The monoisotopic (exact) mass is 507 g/mol. The molecule has 0 saturated carbocycles. The molecule has 1 aliphatic heterocycles. The average molecular weight is 508 g/mol. The number of nitrogens with zero attached hydrogens (tertiary/aromatic N) is 3. The lowest BCUT2D eigenvalue weighted by Crippen LogP contribution is -2.48. The highest BCUT2D eigenvalue weighted by Gasteiger charge is 2.24. The molecule has 6 nitrogen and oxygen atoms in total. The third-order valence-electron chi connectivity index (χ3n) is 7.05. The molecule has 6 heteroatoms. The van der Waals surface area contributed by atoms with Gasteiger partial charge < -0.3 is 14.5 Å². The molecule has 1 fully saturated rings. The van der Waals surface area contributed by atoms with Crippen LogP contribution in [0.3, 0.4) is 0 Å². The fourth-order valence-electron chi connectivity index (χ4n) is 4.82. The molecule has 1 saturated heterocycles. The molecule has 0 unspecified atom stereocenters. The number of hydrogen-bond donors (Lipinski definition) is 0. The van der Waals surface area contributed by atoms with Crippen molar-refractivity contribution in [3.8, 4) is 17.0 Å². The minimum atomic E-state index is 0.0202. The van der Waals surface area contributed by atoms with E-state index in [4.69, 9.17) is 9.72 Å². The zero-order valence-corrected chi connectivity index (χ0v) is 22.0. The molecule has 2 heterocycles. The van der Waals surface area contributed by atoms with Gasteiger partial charge >= 0.3 is 0 Å². The van der Waals surface area contributed by atoms with Crippen molar-refractivity contribution in [1.29, 1.82) is 0 Å². The quantitative estimate of drug-likeness (QED) is 0.209. The number of amides is 1. The van der Waals surface area contributed by atoms with Gasteiger partial charge in [0, 0.05) is 48.4 Å². The number of Topliss-reactive ketones (excluding diaryl/α,β-unsaturated/α-hetero) is 1. The Hall–Kier alpha value is -4.19. The van der Waals surface area contributed by atoms with Crippen molar-refractivity contribution in [2.24, 2.45) is 0 Å². The smallest absolute Gasteiger partial charge is 0.254 e. The fraction of sp³-hybridized carbons (Fsp3) is 0.281. The van der Waals surface area contributed by atoms with E-state index >= 15 is 0 Å². The summed E-state index contributed by atoms with van der Waals surface area (Å²) < 4.78 is 5.91. The second-order valence-electron chi connectivity index (χ2n) is 9.68. The molecular formula is C32H33N3O3. The maximum atomic E-state index is 13.8. The number of unbranched alkanes of at least 4 members (excludes halogenated alkanes) is 1. The first-order chi connectivity index (χ1) is 18.5. The van der Waals surface area contributed by atoms with Gasteiger partial charge in [0.2, 0.25) is 0 Å². The number of piperazine rings is 1. The van der Waals surface area contributed by atoms with Crippen LogP contribution in [0.4, 0.5) is 5.69 Å². The van der Waals surface area contributed by atoms with E-state index in [1.165, 1.54) is 0 Å². The molecule has 0 atom stereocenters. The Morgan fingerprint density at radius 1 is 0.895 bits per heavy atom. The third-order valence-corrected chi connectivity index (χ3v) is 7.05. The number of fused-ring (bicyclic) bond motifs is 1. The Balaban J connectivity index is 1.37. The van der Waals surface area contributed by atoms with Crippen molar-refractivity contribution in [3.63, 3.8) is 0 Å². The number of benzene rings is 3. The van der Waals surface area contributed by atoms with Gasteiger partial charge in [0.25, 0.3) is 5.91 Å². The van der Waals surface area contributed by atoms with Gasteiger partial charge in [-0.05, 0) is 61.9 Å². The molecule has 3 aromatic carbocycles. The third kappa shape index (κ3) is 5.54. The van der Waals surface area contributed by atoms with E-state index in [1.807, 2.05) is 83.8 Å². The lowest BCUT2D eigenvalue weighted by atomic mass is 10.0. The first-order valence-electron chi connectivity index (χ1n) is 13.3. The predicted octanol–water partition coefficient (Wildman–Crippen LogP) is 6.25. The lowest BCUT2D eigenvalue weighted by molar-refractivity contribution is 0.0748. The maximum Gasteiger partial charge on any atom is 0.254 e. The minimum absolute atomic E-state index is 0.0202. The highest BCUT2D eigenvalue weighted by molar-refractivity contribution is 6.07. The summed E-state index contributed by atoms with van der Waals surface area (Å²) in [4.78, 5) is 34.5. The molecule has 5 rings (SSSR count). The molecule has 1 aromatic heterocycles. The highest BCUT2D eigenvalue weighted by Crippen LogP contribution is 2.29. The molecule has 0 radical (unpaired) electrons. The van der Waals surface area contributed by atoms with Crippen molar-refractivity contribution >= 4 is 28.3 Å². The topological polar surface area (TPSA) is 62.7 Å². The van der Waals surface area contributed by atoms with Gasteiger partial charge in [0.15, 0.2) is 5.78 Å². The van der Waals surface area contributed by atoms with E-state index in [0.29, 0.717) is 30.8 Å². The number of anilines is 1. The number of para-hydroxylation sites is 1. The first-order valence-corrected chi connectivity index (χ1v) is 13.3. The molecule has 1 aliphatic rings. The average Bonchev–Trinajstić information content (AvgIpc) is 2.96. The Morgan fingerprint density at radius 2 is 1.66 bits per heavy atom. The summed E-state index contributed by atoms with van der Waals surface area (Å²) >= 11 is 0. The standard InChI is InChI=1S/C32H33N3O3/c1-3-4-20-38-27-9-7-8-25(21-27)31-22-29(28-10-5-6-11-30(28)33-31)32(37)35-18-16-34(17-19-35)26-14-12-24(13-15-26)23(2)36/h5-15,21-22H,3-4,16-20H2,1-2H3. The summed E-state index contributed by atoms with van der Waals surface area (Å²) in [6.45, 7) is 7.12. The zero-order chi connectivity index (χ0) is 26.5. The molecule has 0 aliphatic carbocycles. The Morgan fingerprint density at radius 3 is 2.39 bits per heavy atom. The number of ketones is 1. The second-order valence-corrected chi connectivity index (χ2v) is 9.68. The summed E-state index contributed by atoms with van der Waals surface area (Å²) in [6.07, 6.45) is 2.09. The van der Waals surface area contributed by atoms with Gasteiger partial charge in [0.05, 0.1) is 23.4 Å². The van der Waals surface area contributed by atoms with Crippen LogP contribution in [0.25, 0.3) is 22.2 Å². The van der Waals surface area contributed by atoms with E-state index in [-0.39, 0.29) is 11.7 Å². The molecule has 1 amide bonds. The van der Waals surface area contributed by atoms with E-state index in [0.717, 1.165) is 59.5 Å². The number of hydrogen-bond acceptors (Lipinski definition) is 5. The Labute approximate surface area is 223 Å². The molecule has 0 bridgehead atoms. The lowest BCUT2D eigenvalue weighted by Gasteiger charge is -2.36. The molecule has 4 aromatic rings. The van der Waals surface area contributed by atoms with E-state index in [9.17, 15) is 9.59 Å². The summed E-state index contributed by atoms with van der Waals surface area (Å²) in [7, 11) is 0. The first kappa shape index (κ1) is 25.5. The van der Waals surface area contributed by atoms with Crippen LogP contribution in [0.15, 0.2) is 78.9 Å². The number of aromatic nitrogens is 1. The Bertz CT molecular complexity index is 1440. The van der Waals surface area contributed by atoms with Crippen molar-refractivity contribution in [3.05, 3.63) is 90.0 Å². The van der Waals surface area contributed by atoms with E-state index < -0.39 is 0 Å². The van der Waals surface area contributed by atoms with Gasteiger partial charge in [-0.3, -0.25) is 9.59 Å². The van der Waals surface area contributed by atoms with Crippen LogP contribution < -0.4 is 9.64 Å². The van der Waals surface area contributed by atoms with Crippen LogP contribution in [-0.4, -0.2) is 54.4 Å². The number of carbonyl (C=O) groups is 2. The summed E-state index contributed by atoms with van der Waals surface area (Å²) in [5.41, 5.74) is 4.94. The molecule has 194 valence electrons. The van der Waals surface area contributed by atoms with Crippen molar-refractivity contribution in [2.45, 2.75) is 26.7 Å². The van der Waals surface area contributed by atoms with Crippen LogP contribution in [-0.2, 0) is 0 Å². The van der Waals surface area contributed by atoms with Crippen molar-refractivity contribution in [1.82, 2.24) is 9.88 Å². The zero-order valence-electron chi connectivity index (χ0n) is 22.0. The van der Waals surface area contributed by atoms with Crippen LogP contribution in [0.2, 0.25) is 0 Å². The van der Waals surface area contributed by atoms with Crippen LogP contribution in [0.5, 0.6) is 5.75 Å². The number of carbonyl (C=O) groups excluding carboxylic acids is 2. The van der Waals surface area contributed by atoms with Crippen LogP contribution in [0.1, 0.15) is 47.4 Å². The van der Waals surface area contributed by atoms with Gasteiger partial charge in [-0.25, -0.2) is 4.98 Å². The largest absolute Gasteiger partial charge is 0.494 e. The van der Waals surface area contributed by atoms with Crippen LogP contribution in [0, 0.1) is 0 Å². The highest BCUT2D eigenvalue weighted by atomic mass is 16.5. The maximum absolute atomic E-state index is 13.8. The van der Waals surface area contributed by atoms with Gasteiger partial charge in [-0.2, -0.15) is 0 Å². The van der Waals surface area contributed by atoms with Gasteiger partial charge in [-0.1, -0.05) is 43.7 Å². The van der Waals surface area contributed by atoms with Gasteiger partial charge in [0.1, 0.15) is 5.75 Å². The van der Waals surface area contributed by atoms with Gasteiger partial charge in [-0.15, -0.1) is 0 Å². The number of ether oxygens (including phenoxy) is 1. The van der Waals surface area contributed by atoms with E-state index in [2.05, 4.69) is 11.8 Å². The Kier molecular flexibility index (Phi) is 7.68. The van der Waals surface area contributed by atoms with Crippen molar-refractivity contribution in [2.75, 3.05) is 37.7 Å². The van der Waals surface area contributed by atoms with Crippen LogP contribution >= 0.6 is 0 Å². The fourth-order valence-corrected chi connectivity index (χ4v) is 4.82. The second kappa shape index (κ2) is 11.5. The van der Waals surface area contributed by atoms with E-state index in [1.54, 1.807) is 6.92 Å². The summed E-state index contributed by atoms with van der Waals surface area (Å²) in [6, 6.07) is 25.4. The molecule has 38 heavy (non-hydrogen) atoms.